The van der Waals surface area contributed by atoms with Crippen molar-refractivity contribution >= 4 is 11.8 Å². The molecule has 1 N–H and O–H groups in total. The maximum Gasteiger partial charge on any atom is 0.248 e. The van der Waals surface area contributed by atoms with Gasteiger partial charge in [0, 0.05) is 6.54 Å². The predicted octanol–water partition coefficient (Wildman–Crippen LogP) is 1.30. The Kier molecular flexibility index (Phi) is 2.32. The highest BCUT2D eigenvalue weighted by Gasteiger charge is 2.57. The van der Waals surface area contributed by atoms with Gasteiger partial charge in [-0.1, -0.05) is 0 Å². The third-order valence-corrected chi connectivity index (χ3v) is 4.90. The van der Waals surface area contributed by atoms with Gasteiger partial charge >= 0.3 is 0 Å². The second kappa shape index (κ2) is 3.49. The molecule has 2 aliphatic carbocycles. The summed E-state index contributed by atoms with van der Waals surface area (Å²) in [5.74, 6) is 0.860. The van der Waals surface area contributed by atoms with E-state index in [4.69, 9.17) is 0 Å². The molecule has 2 saturated carbocycles. The SMILES string of the molecule is CC1C(=O)NC(C)(C)C(=O)N1CC1(C2CC2)CC1. The molecule has 4 heteroatoms. The summed E-state index contributed by atoms with van der Waals surface area (Å²) < 4.78 is 0. The first-order chi connectivity index (χ1) is 8.36. The molecule has 1 aliphatic heterocycles. The van der Waals surface area contributed by atoms with Gasteiger partial charge < -0.3 is 10.2 Å². The van der Waals surface area contributed by atoms with Crippen LogP contribution in [0.25, 0.3) is 0 Å². The summed E-state index contributed by atoms with van der Waals surface area (Å²) >= 11 is 0. The summed E-state index contributed by atoms with van der Waals surface area (Å²) in [5.41, 5.74) is -0.388. The van der Waals surface area contributed by atoms with Crippen LogP contribution in [0, 0.1) is 11.3 Å². The minimum atomic E-state index is -0.747. The Morgan fingerprint density at radius 3 is 2.39 bits per heavy atom. The van der Waals surface area contributed by atoms with E-state index in [1.54, 1.807) is 13.8 Å². The average molecular weight is 250 g/mol. The quantitative estimate of drug-likeness (QED) is 0.821. The van der Waals surface area contributed by atoms with Crippen molar-refractivity contribution in [2.75, 3.05) is 6.54 Å². The molecule has 0 bridgehead atoms. The molecule has 3 aliphatic rings. The van der Waals surface area contributed by atoms with Crippen LogP contribution >= 0.6 is 0 Å². The molecule has 1 unspecified atom stereocenters. The Morgan fingerprint density at radius 2 is 1.89 bits per heavy atom. The van der Waals surface area contributed by atoms with Crippen molar-refractivity contribution in [3.63, 3.8) is 0 Å². The van der Waals surface area contributed by atoms with Gasteiger partial charge in [-0.05, 0) is 57.8 Å². The molecule has 100 valence electrons. The Bertz CT molecular complexity index is 408. The number of hydrogen-bond donors (Lipinski definition) is 1. The fourth-order valence-corrected chi connectivity index (χ4v) is 3.24. The van der Waals surface area contributed by atoms with Crippen LogP contribution in [0.15, 0.2) is 0 Å². The fourth-order valence-electron chi connectivity index (χ4n) is 3.24. The molecule has 0 spiro atoms. The lowest BCUT2D eigenvalue weighted by molar-refractivity contribution is -0.153. The van der Waals surface area contributed by atoms with Crippen LogP contribution in [-0.2, 0) is 9.59 Å². The van der Waals surface area contributed by atoms with Crippen LogP contribution in [0.3, 0.4) is 0 Å². The first-order valence-corrected chi connectivity index (χ1v) is 6.99. The second-order valence-corrected chi connectivity index (χ2v) is 6.86. The van der Waals surface area contributed by atoms with Crippen molar-refractivity contribution in [1.29, 1.82) is 0 Å². The third kappa shape index (κ3) is 1.73. The molecule has 1 saturated heterocycles. The molecule has 0 aromatic rings. The number of piperazine rings is 1. The Hall–Kier alpha value is -1.06. The second-order valence-electron chi connectivity index (χ2n) is 6.86. The first kappa shape index (κ1) is 12.0. The molecule has 0 radical (unpaired) electrons. The molecule has 0 aromatic heterocycles. The average Bonchev–Trinajstić information content (AvgIpc) is 3.12. The molecule has 18 heavy (non-hydrogen) atoms. The highest BCUT2D eigenvalue weighted by Crippen LogP contribution is 2.61. The topological polar surface area (TPSA) is 49.4 Å². The van der Waals surface area contributed by atoms with Crippen LogP contribution in [0.4, 0.5) is 0 Å². The predicted molar refractivity (Wildman–Crippen MR) is 67.8 cm³/mol. The van der Waals surface area contributed by atoms with E-state index in [1.165, 1.54) is 25.7 Å². The van der Waals surface area contributed by atoms with Crippen LogP contribution in [0.5, 0.6) is 0 Å². The van der Waals surface area contributed by atoms with E-state index in [-0.39, 0.29) is 17.9 Å². The van der Waals surface area contributed by atoms with E-state index in [1.807, 2.05) is 11.8 Å². The smallest absolute Gasteiger partial charge is 0.248 e. The van der Waals surface area contributed by atoms with Crippen molar-refractivity contribution in [2.24, 2.45) is 11.3 Å². The molecule has 3 rings (SSSR count). The van der Waals surface area contributed by atoms with E-state index in [0.717, 1.165) is 12.5 Å². The van der Waals surface area contributed by atoms with Crippen molar-refractivity contribution in [1.82, 2.24) is 10.2 Å². The van der Waals surface area contributed by atoms with Gasteiger partial charge in [-0.3, -0.25) is 9.59 Å². The molecule has 1 heterocycles. The standard InChI is InChI=1S/C14H22N2O2/c1-9-11(17)15-13(2,3)12(18)16(9)8-14(6-7-14)10-4-5-10/h9-10H,4-8H2,1-3H3,(H,15,17). The minimum Gasteiger partial charge on any atom is -0.340 e. The van der Waals surface area contributed by atoms with Crippen LogP contribution in [-0.4, -0.2) is 34.8 Å². The Morgan fingerprint density at radius 1 is 1.28 bits per heavy atom. The number of carbonyl (C=O) groups is 2. The van der Waals surface area contributed by atoms with E-state index in [9.17, 15) is 9.59 Å². The largest absolute Gasteiger partial charge is 0.340 e. The molecular formula is C14H22N2O2. The number of amides is 2. The summed E-state index contributed by atoms with van der Waals surface area (Å²) in [6.07, 6.45) is 5.09. The lowest BCUT2D eigenvalue weighted by Crippen LogP contribution is -2.68. The summed E-state index contributed by atoms with van der Waals surface area (Å²) in [6, 6.07) is -0.318. The Labute approximate surface area is 108 Å². The van der Waals surface area contributed by atoms with Gasteiger partial charge in [0.2, 0.25) is 11.8 Å². The summed E-state index contributed by atoms with van der Waals surface area (Å²) in [6.45, 7) is 6.21. The number of nitrogens with one attached hydrogen (secondary N) is 1. The summed E-state index contributed by atoms with van der Waals surface area (Å²) in [5, 5.41) is 2.81. The van der Waals surface area contributed by atoms with E-state index in [2.05, 4.69) is 5.32 Å². The summed E-state index contributed by atoms with van der Waals surface area (Å²) in [7, 11) is 0. The van der Waals surface area contributed by atoms with Crippen molar-refractivity contribution in [2.45, 2.75) is 58.0 Å². The first-order valence-electron chi connectivity index (χ1n) is 6.99. The van der Waals surface area contributed by atoms with Gasteiger partial charge in [0.1, 0.15) is 11.6 Å². The molecule has 3 fully saturated rings. The number of hydrogen-bond acceptors (Lipinski definition) is 2. The van der Waals surface area contributed by atoms with Crippen molar-refractivity contribution < 1.29 is 9.59 Å². The maximum atomic E-state index is 12.5. The lowest BCUT2D eigenvalue weighted by Gasteiger charge is -2.43. The van der Waals surface area contributed by atoms with Gasteiger partial charge in [0.25, 0.3) is 0 Å². The van der Waals surface area contributed by atoms with Crippen molar-refractivity contribution in [3.8, 4) is 0 Å². The minimum absolute atomic E-state index is 0.0220. The van der Waals surface area contributed by atoms with Gasteiger partial charge in [0.05, 0.1) is 0 Å². The molecular weight excluding hydrogens is 228 g/mol. The number of nitrogens with zero attached hydrogens (tertiary/aromatic N) is 1. The Balaban J connectivity index is 1.80. The van der Waals surface area contributed by atoms with Crippen LogP contribution in [0.2, 0.25) is 0 Å². The maximum absolute atomic E-state index is 12.5. The van der Waals surface area contributed by atoms with E-state index >= 15 is 0 Å². The van der Waals surface area contributed by atoms with Gasteiger partial charge in [-0.15, -0.1) is 0 Å². The monoisotopic (exact) mass is 250 g/mol. The molecule has 2 amide bonds. The highest BCUT2D eigenvalue weighted by atomic mass is 16.2. The van der Waals surface area contributed by atoms with E-state index < -0.39 is 5.54 Å². The zero-order valence-corrected chi connectivity index (χ0v) is 11.5. The fraction of sp³-hybridized carbons (Fsp3) is 0.857. The van der Waals surface area contributed by atoms with Gasteiger partial charge in [0.15, 0.2) is 0 Å². The highest BCUT2D eigenvalue weighted by molar-refractivity contribution is 5.99. The number of carbonyl (C=O) groups excluding carboxylic acids is 2. The van der Waals surface area contributed by atoms with Crippen LogP contribution < -0.4 is 5.32 Å². The summed E-state index contributed by atoms with van der Waals surface area (Å²) in [4.78, 5) is 26.2. The van der Waals surface area contributed by atoms with Crippen LogP contribution in [0.1, 0.15) is 46.5 Å². The zero-order valence-electron chi connectivity index (χ0n) is 11.5. The normalized spacial score (nSPS) is 33.3. The van der Waals surface area contributed by atoms with Gasteiger partial charge in [-0.2, -0.15) is 0 Å². The number of rotatable bonds is 3. The van der Waals surface area contributed by atoms with Gasteiger partial charge in [-0.25, -0.2) is 0 Å². The molecule has 1 atom stereocenters. The lowest BCUT2D eigenvalue weighted by atomic mass is 9.93. The molecule has 4 nitrogen and oxygen atoms in total. The third-order valence-electron chi connectivity index (χ3n) is 4.90. The van der Waals surface area contributed by atoms with E-state index in [0.29, 0.717) is 5.41 Å². The molecule has 0 aromatic carbocycles. The van der Waals surface area contributed by atoms with Crippen molar-refractivity contribution in [3.05, 3.63) is 0 Å². The zero-order chi connectivity index (χ0) is 13.1.